The van der Waals surface area contributed by atoms with Crippen LogP contribution in [0.3, 0.4) is 0 Å². The summed E-state index contributed by atoms with van der Waals surface area (Å²) >= 11 is 6.47. The summed E-state index contributed by atoms with van der Waals surface area (Å²) in [5.41, 5.74) is 3.19. The largest absolute Gasteiger partial charge is 0.495 e. The van der Waals surface area contributed by atoms with Crippen molar-refractivity contribution in [1.82, 2.24) is 30.0 Å². The van der Waals surface area contributed by atoms with E-state index >= 15 is 0 Å². The molecule has 2 aromatic heterocycles. The molecule has 9 nitrogen and oxygen atoms in total. The van der Waals surface area contributed by atoms with Gasteiger partial charge in [0, 0.05) is 44.3 Å². The summed E-state index contributed by atoms with van der Waals surface area (Å²) < 4.78 is 7.39. The standard InChI is InChI=1S/C25H32ClN7O2/c1-4-32-9-7-21(8-10-32)33-16-20(15-30-33)31-25-28-13-17(14-29-25)5-6-18-11-19(24(34)27-2)12-22(35-3)23(18)26/h11-16,21H,4-10H2,1-3H3,(H,27,34)(H,28,29,31). The first-order valence-corrected chi connectivity index (χ1v) is 12.3. The molecule has 0 radical (unpaired) electrons. The Morgan fingerprint density at radius 3 is 2.57 bits per heavy atom. The van der Waals surface area contributed by atoms with Crippen molar-refractivity contribution >= 4 is 29.1 Å². The number of aryl methyl sites for hydroxylation is 2. The summed E-state index contributed by atoms with van der Waals surface area (Å²) in [6.07, 6.45) is 11.0. The highest BCUT2D eigenvalue weighted by atomic mass is 35.5. The summed E-state index contributed by atoms with van der Waals surface area (Å²) in [7, 11) is 3.13. The minimum atomic E-state index is -0.185. The van der Waals surface area contributed by atoms with E-state index < -0.39 is 0 Å². The van der Waals surface area contributed by atoms with E-state index in [1.807, 2.05) is 12.4 Å². The van der Waals surface area contributed by atoms with Gasteiger partial charge in [-0.05, 0) is 55.5 Å². The lowest BCUT2D eigenvalue weighted by molar-refractivity contribution is 0.0962. The van der Waals surface area contributed by atoms with Gasteiger partial charge in [0.25, 0.3) is 5.91 Å². The average Bonchev–Trinajstić information content (AvgIpc) is 3.37. The smallest absolute Gasteiger partial charge is 0.251 e. The molecule has 35 heavy (non-hydrogen) atoms. The molecule has 2 N–H and O–H groups in total. The van der Waals surface area contributed by atoms with E-state index in [9.17, 15) is 4.79 Å². The number of methoxy groups -OCH3 is 1. The van der Waals surface area contributed by atoms with Gasteiger partial charge in [0.05, 0.1) is 30.1 Å². The van der Waals surface area contributed by atoms with E-state index in [-0.39, 0.29) is 5.91 Å². The lowest BCUT2D eigenvalue weighted by atomic mass is 10.0. The van der Waals surface area contributed by atoms with Gasteiger partial charge in [-0.1, -0.05) is 18.5 Å². The van der Waals surface area contributed by atoms with Gasteiger partial charge in [-0.2, -0.15) is 5.10 Å². The highest BCUT2D eigenvalue weighted by Gasteiger charge is 2.20. The van der Waals surface area contributed by atoms with E-state index in [2.05, 4.69) is 42.2 Å². The van der Waals surface area contributed by atoms with Crippen LogP contribution in [0, 0.1) is 0 Å². The van der Waals surface area contributed by atoms with Crippen LogP contribution in [0.15, 0.2) is 36.9 Å². The van der Waals surface area contributed by atoms with Crippen molar-refractivity contribution in [2.45, 2.75) is 38.6 Å². The predicted octanol–water partition coefficient (Wildman–Crippen LogP) is 3.88. The number of carbonyl (C=O) groups is 1. The molecule has 1 saturated heterocycles. The second-order valence-electron chi connectivity index (χ2n) is 8.65. The van der Waals surface area contributed by atoms with Gasteiger partial charge in [0.2, 0.25) is 5.95 Å². The molecule has 0 aliphatic carbocycles. The van der Waals surface area contributed by atoms with Crippen molar-refractivity contribution in [2.75, 3.05) is 39.1 Å². The molecule has 1 fully saturated rings. The van der Waals surface area contributed by atoms with Gasteiger partial charge >= 0.3 is 0 Å². The fraction of sp³-hybridized carbons (Fsp3) is 0.440. The van der Waals surface area contributed by atoms with Gasteiger partial charge in [0.1, 0.15) is 5.75 Å². The van der Waals surface area contributed by atoms with Gasteiger partial charge in [-0.3, -0.25) is 9.48 Å². The zero-order valence-electron chi connectivity index (χ0n) is 20.4. The second kappa shape index (κ2) is 11.5. The van der Waals surface area contributed by atoms with Crippen molar-refractivity contribution < 1.29 is 9.53 Å². The highest BCUT2D eigenvalue weighted by molar-refractivity contribution is 6.33. The number of ether oxygens (including phenoxy) is 1. The molecular formula is C25H32ClN7O2. The van der Waals surface area contributed by atoms with Crippen LogP contribution >= 0.6 is 11.6 Å². The normalized spacial score (nSPS) is 14.6. The summed E-state index contributed by atoms with van der Waals surface area (Å²) in [4.78, 5) is 23.5. The Morgan fingerprint density at radius 2 is 1.91 bits per heavy atom. The van der Waals surface area contributed by atoms with E-state index in [4.69, 9.17) is 16.3 Å². The number of nitrogens with one attached hydrogen (secondary N) is 2. The maximum atomic E-state index is 12.1. The summed E-state index contributed by atoms with van der Waals surface area (Å²) in [5, 5.41) is 10.9. The molecule has 0 unspecified atom stereocenters. The molecule has 0 saturated carbocycles. The lowest BCUT2D eigenvalue weighted by Crippen LogP contribution is -2.34. The topological polar surface area (TPSA) is 97.2 Å². The number of anilines is 2. The number of rotatable bonds is 9. The van der Waals surface area contributed by atoms with Crippen molar-refractivity contribution in [3.63, 3.8) is 0 Å². The number of aromatic nitrogens is 4. The first kappa shape index (κ1) is 24.9. The van der Waals surface area contributed by atoms with Crippen LogP contribution in [-0.2, 0) is 12.8 Å². The minimum absolute atomic E-state index is 0.185. The summed E-state index contributed by atoms with van der Waals surface area (Å²) in [6.45, 7) is 5.54. The summed E-state index contributed by atoms with van der Waals surface area (Å²) in [6, 6.07) is 3.87. The number of piperidine rings is 1. The van der Waals surface area contributed by atoms with Crippen LogP contribution in [-0.4, -0.2) is 64.3 Å². The van der Waals surface area contributed by atoms with Crippen molar-refractivity contribution in [2.24, 2.45) is 0 Å². The molecule has 3 heterocycles. The third kappa shape index (κ3) is 6.10. The van der Waals surface area contributed by atoms with Gasteiger partial charge in [-0.15, -0.1) is 0 Å². The number of carbonyl (C=O) groups excluding carboxylic acids is 1. The Kier molecular flexibility index (Phi) is 8.20. The number of hydrogen-bond donors (Lipinski definition) is 2. The van der Waals surface area contributed by atoms with Crippen LogP contribution in [0.5, 0.6) is 5.75 Å². The third-order valence-electron chi connectivity index (χ3n) is 6.45. The van der Waals surface area contributed by atoms with Crippen molar-refractivity contribution in [3.05, 3.63) is 58.6 Å². The van der Waals surface area contributed by atoms with Crippen molar-refractivity contribution in [3.8, 4) is 5.75 Å². The molecule has 1 aliphatic heterocycles. The number of halogens is 1. The maximum absolute atomic E-state index is 12.1. The predicted molar refractivity (Wildman–Crippen MR) is 137 cm³/mol. The number of amides is 1. The van der Waals surface area contributed by atoms with Crippen LogP contribution in [0.2, 0.25) is 5.02 Å². The Balaban J connectivity index is 1.36. The molecule has 1 aromatic carbocycles. The Hall–Kier alpha value is -3.17. The average molecular weight is 498 g/mol. The maximum Gasteiger partial charge on any atom is 0.251 e. The van der Waals surface area contributed by atoms with E-state index in [1.54, 1.807) is 31.6 Å². The zero-order chi connectivity index (χ0) is 24.8. The molecule has 1 aliphatic rings. The van der Waals surface area contributed by atoms with E-state index in [0.29, 0.717) is 41.2 Å². The molecule has 0 atom stereocenters. The molecule has 0 bridgehead atoms. The third-order valence-corrected chi connectivity index (χ3v) is 6.88. The van der Waals surface area contributed by atoms with Crippen LogP contribution in [0.1, 0.15) is 47.3 Å². The van der Waals surface area contributed by atoms with Crippen LogP contribution < -0.4 is 15.4 Å². The fourth-order valence-electron chi connectivity index (χ4n) is 4.32. The Bertz CT molecular complexity index is 1140. The Morgan fingerprint density at radius 1 is 1.17 bits per heavy atom. The van der Waals surface area contributed by atoms with Gasteiger partial charge in [-0.25, -0.2) is 9.97 Å². The van der Waals surface area contributed by atoms with Crippen molar-refractivity contribution in [1.29, 1.82) is 0 Å². The van der Waals surface area contributed by atoms with E-state index in [1.165, 1.54) is 7.11 Å². The number of likely N-dealkylation sites (tertiary alicyclic amines) is 1. The van der Waals surface area contributed by atoms with E-state index in [0.717, 1.165) is 49.3 Å². The monoisotopic (exact) mass is 497 g/mol. The molecule has 10 heteroatoms. The molecule has 3 aromatic rings. The molecule has 4 rings (SSSR count). The second-order valence-corrected chi connectivity index (χ2v) is 9.02. The quantitative estimate of drug-likeness (QED) is 0.463. The van der Waals surface area contributed by atoms with Crippen LogP contribution in [0.4, 0.5) is 11.6 Å². The van der Waals surface area contributed by atoms with Gasteiger partial charge in [0.15, 0.2) is 0 Å². The lowest BCUT2D eigenvalue weighted by Gasteiger charge is -2.31. The Labute approximate surface area is 210 Å². The highest BCUT2D eigenvalue weighted by Crippen LogP contribution is 2.31. The molecule has 186 valence electrons. The molecular weight excluding hydrogens is 466 g/mol. The number of benzene rings is 1. The molecule has 0 spiro atoms. The first-order chi connectivity index (χ1) is 17.0. The zero-order valence-corrected chi connectivity index (χ0v) is 21.2. The summed E-state index contributed by atoms with van der Waals surface area (Å²) in [5.74, 6) is 0.820. The van der Waals surface area contributed by atoms with Crippen LogP contribution in [0.25, 0.3) is 0 Å². The molecule has 1 amide bonds. The minimum Gasteiger partial charge on any atom is -0.495 e. The number of nitrogens with zero attached hydrogens (tertiary/aromatic N) is 5. The fourth-order valence-corrected chi connectivity index (χ4v) is 4.60. The first-order valence-electron chi connectivity index (χ1n) is 11.9. The SMILES string of the molecule is CCN1CCC(n2cc(Nc3ncc(CCc4cc(C(=O)NC)cc(OC)c4Cl)cn3)cn2)CC1. The number of hydrogen-bond acceptors (Lipinski definition) is 7. The van der Waals surface area contributed by atoms with Gasteiger partial charge < -0.3 is 20.3 Å².